The fraction of sp³-hybridized carbons (Fsp3) is 0.679. The molecule has 2 fully saturated rings. The Bertz CT molecular complexity index is 986. The van der Waals surface area contributed by atoms with E-state index in [2.05, 4.69) is 60.8 Å². The maximum absolute atomic E-state index is 13.1. The smallest absolute Gasteiger partial charge is 0.227 e. The van der Waals surface area contributed by atoms with Crippen LogP contribution < -0.4 is 5.32 Å². The molecule has 1 N–H and O–H groups in total. The maximum Gasteiger partial charge on any atom is 0.227 e. The standard InChI is InChI=1S/C28H42N4O2/c1-17(2)11-21-13-22(14-21)27-30-31-28(32(27)23-8-9-23)25(34-16-18(3)4)15-26(33)29-24-10-7-19(5)12-20(24)6/h7,10,12,17-18,21-23,25H,8-9,11,13-16H2,1-6H3,(H,29,33)/t21-,22+,25-/m0/s1. The number of nitrogens with zero attached hydrogens (tertiary/aromatic N) is 3. The number of anilines is 1. The molecule has 1 aromatic heterocycles. The molecule has 2 saturated carbocycles. The summed E-state index contributed by atoms with van der Waals surface area (Å²) in [6.07, 6.45) is 5.87. The van der Waals surface area contributed by atoms with Gasteiger partial charge < -0.3 is 14.6 Å². The molecule has 1 aromatic carbocycles. The molecule has 1 heterocycles. The number of aryl methyl sites for hydroxylation is 2. The zero-order chi connectivity index (χ0) is 24.4. The third-order valence-electron chi connectivity index (χ3n) is 7.01. The summed E-state index contributed by atoms with van der Waals surface area (Å²) in [4.78, 5) is 13.1. The molecule has 2 aliphatic rings. The molecular formula is C28H42N4O2. The molecule has 0 aliphatic heterocycles. The number of benzene rings is 1. The number of hydrogen-bond acceptors (Lipinski definition) is 4. The zero-order valence-electron chi connectivity index (χ0n) is 21.8. The molecule has 34 heavy (non-hydrogen) atoms. The predicted octanol–water partition coefficient (Wildman–Crippen LogP) is 6.51. The molecule has 0 saturated heterocycles. The molecule has 2 aliphatic carbocycles. The van der Waals surface area contributed by atoms with Gasteiger partial charge in [-0.1, -0.05) is 45.4 Å². The normalized spacial score (nSPS) is 21.1. The summed E-state index contributed by atoms with van der Waals surface area (Å²) in [5, 5.41) is 12.4. The number of amides is 1. The fourth-order valence-corrected chi connectivity index (χ4v) is 5.18. The summed E-state index contributed by atoms with van der Waals surface area (Å²) in [6, 6.07) is 6.54. The molecule has 186 valence electrons. The maximum atomic E-state index is 13.1. The van der Waals surface area contributed by atoms with Crippen molar-refractivity contribution in [1.82, 2.24) is 14.8 Å². The van der Waals surface area contributed by atoms with E-state index >= 15 is 0 Å². The minimum absolute atomic E-state index is 0.0479. The lowest BCUT2D eigenvalue weighted by molar-refractivity contribution is -0.119. The van der Waals surface area contributed by atoms with E-state index in [4.69, 9.17) is 4.74 Å². The van der Waals surface area contributed by atoms with Crippen molar-refractivity contribution < 1.29 is 9.53 Å². The minimum atomic E-state index is -0.387. The Kier molecular flexibility index (Phi) is 7.76. The van der Waals surface area contributed by atoms with Gasteiger partial charge in [-0.25, -0.2) is 0 Å². The highest BCUT2D eigenvalue weighted by molar-refractivity contribution is 5.91. The summed E-state index contributed by atoms with van der Waals surface area (Å²) in [5.74, 6) is 4.31. The molecule has 6 nitrogen and oxygen atoms in total. The van der Waals surface area contributed by atoms with Gasteiger partial charge in [0.1, 0.15) is 11.9 Å². The number of hydrogen-bond donors (Lipinski definition) is 1. The average Bonchev–Trinajstić information content (AvgIpc) is 3.48. The second-order valence-corrected chi connectivity index (χ2v) is 11.5. The van der Waals surface area contributed by atoms with Crippen molar-refractivity contribution >= 4 is 11.6 Å². The van der Waals surface area contributed by atoms with E-state index in [1.54, 1.807) is 0 Å². The molecular weight excluding hydrogens is 424 g/mol. The summed E-state index contributed by atoms with van der Waals surface area (Å²) in [7, 11) is 0. The van der Waals surface area contributed by atoms with Crippen LogP contribution in [0.1, 0.15) is 107 Å². The second-order valence-electron chi connectivity index (χ2n) is 11.5. The summed E-state index contributed by atoms with van der Waals surface area (Å²) < 4.78 is 8.64. The first kappa shape index (κ1) is 24.9. The van der Waals surface area contributed by atoms with Gasteiger partial charge in [0.05, 0.1) is 6.42 Å². The van der Waals surface area contributed by atoms with Crippen molar-refractivity contribution in [3.63, 3.8) is 0 Å². The van der Waals surface area contributed by atoms with Crippen molar-refractivity contribution in [2.45, 2.75) is 98.1 Å². The lowest BCUT2D eigenvalue weighted by atomic mass is 9.71. The number of nitrogens with one attached hydrogen (secondary N) is 1. The first-order chi connectivity index (χ1) is 16.2. The predicted molar refractivity (Wildman–Crippen MR) is 136 cm³/mol. The van der Waals surface area contributed by atoms with E-state index in [0.717, 1.165) is 47.6 Å². The van der Waals surface area contributed by atoms with Gasteiger partial charge in [0, 0.05) is 24.3 Å². The first-order valence-electron chi connectivity index (χ1n) is 13.1. The van der Waals surface area contributed by atoms with Crippen LogP contribution >= 0.6 is 0 Å². The zero-order valence-corrected chi connectivity index (χ0v) is 21.8. The van der Waals surface area contributed by atoms with Crippen LogP contribution in [0.3, 0.4) is 0 Å². The van der Waals surface area contributed by atoms with Crippen molar-refractivity contribution in [2.24, 2.45) is 17.8 Å². The van der Waals surface area contributed by atoms with Crippen molar-refractivity contribution in [1.29, 1.82) is 0 Å². The number of carbonyl (C=O) groups excluding carboxylic acids is 1. The monoisotopic (exact) mass is 466 g/mol. The van der Waals surface area contributed by atoms with Crippen LogP contribution in [0.15, 0.2) is 18.2 Å². The van der Waals surface area contributed by atoms with E-state index in [1.165, 1.54) is 24.8 Å². The number of aromatic nitrogens is 3. The molecule has 0 radical (unpaired) electrons. The Morgan fingerprint density at radius 3 is 2.47 bits per heavy atom. The van der Waals surface area contributed by atoms with Gasteiger partial charge in [-0.15, -0.1) is 10.2 Å². The molecule has 0 bridgehead atoms. The van der Waals surface area contributed by atoms with Crippen LogP contribution in [-0.2, 0) is 9.53 Å². The molecule has 2 aromatic rings. The van der Waals surface area contributed by atoms with Gasteiger partial charge >= 0.3 is 0 Å². The topological polar surface area (TPSA) is 69.0 Å². The van der Waals surface area contributed by atoms with Gasteiger partial charge in [-0.2, -0.15) is 0 Å². The van der Waals surface area contributed by atoms with E-state index in [0.29, 0.717) is 24.5 Å². The fourth-order valence-electron chi connectivity index (χ4n) is 5.18. The molecule has 0 unspecified atom stereocenters. The Hall–Kier alpha value is -2.21. The average molecular weight is 467 g/mol. The van der Waals surface area contributed by atoms with E-state index in [1.807, 2.05) is 19.1 Å². The highest BCUT2D eigenvalue weighted by atomic mass is 16.5. The lowest BCUT2D eigenvalue weighted by Crippen LogP contribution is -2.27. The van der Waals surface area contributed by atoms with E-state index in [-0.39, 0.29) is 18.4 Å². The van der Waals surface area contributed by atoms with Crippen molar-refractivity contribution in [3.8, 4) is 0 Å². The Morgan fingerprint density at radius 1 is 1.12 bits per heavy atom. The van der Waals surface area contributed by atoms with Crippen LogP contribution in [0, 0.1) is 31.6 Å². The second kappa shape index (κ2) is 10.6. The Labute approximate surface area is 204 Å². The van der Waals surface area contributed by atoms with Gasteiger partial charge in [0.15, 0.2) is 5.82 Å². The highest BCUT2D eigenvalue weighted by Crippen LogP contribution is 2.47. The van der Waals surface area contributed by atoms with Crippen molar-refractivity contribution in [2.75, 3.05) is 11.9 Å². The van der Waals surface area contributed by atoms with Gasteiger partial charge in [0.25, 0.3) is 0 Å². The number of carbonyl (C=O) groups is 1. The van der Waals surface area contributed by atoms with Crippen LogP contribution in [0.25, 0.3) is 0 Å². The summed E-state index contributed by atoms with van der Waals surface area (Å²) in [6.45, 7) is 13.5. The Morgan fingerprint density at radius 2 is 1.85 bits per heavy atom. The summed E-state index contributed by atoms with van der Waals surface area (Å²) in [5.41, 5.74) is 3.11. The van der Waals surface area contributed by atoms with Crippen molar-refractivity contribution in [3.05, 3.63) is 41.0 Å². The highest BCUT2D eigenvalue weighted by Gasteiger charge is 2.40. The van der Waals surface area contributed by atoms with Gasteiger partial charge in [0.2, 0.25) is 5.91 Å². The van der Waals surface area contributed by atoms with E-state index in [9.17, 15) is 4.79 Å². The molecule has 6 heteroatoms. The lowest BCUT2D eigenvalue weighted by Gasteiger charge is -2.36. The molecule has 0 spiro atoms. The van der Waals surface area contributed by atoms with Crippen LogP contribution in [0.2, 0.25) is 0 Å². The SMILES string of the molecule is Cc1ccc(NC(=O)C[C@H](OCC(C)C)c2nnc([C@H]3C[C@@H](CC(C)C)C3)n2C2CC2)c(C)c1. The number of rotatable bonds is 11. The quantitative estimate of drug-likeness (QED) is 0.410. The number of ether oxygens (including phenoxy) is 1. The summed E-state index contributed by atoms with van der Waals surface area (Å²) >= 11 is 0. The van der Waals surface area contributed by atoms with Gasteiger partial charge in [-0.05, 0) is 75.3 Å². The van der Waals surface area contributed by atoms with Gasteiger partial charge in [-0.3, -0.25) is 4.79 Å². The van der Waals surface area contributed by atoms with Crippen LogP contribution in [0.4, 0.5) is 5.69 Å². The van der Waals surface area contributed by atoms with Crippen LogP contribution in [0.5, 0.6) is 0 Å². The van der Waals surface area contributed by atoms with E-state index < -0.39 is 0 Å². The van der Waals surface area contributed by atoms with Crippen LogP contribution in [-0.4, -0.2) is 27.3 Å². The third kappa shape index (κ3) is 6.07. The molecule has 1 atom stereocenters. The third-order valence-corrected chi connectivity index (χ3v) is 7.01. The minimum Gasteiger partial charge on any atom is -0.369 e. The first-order valence-corrected chi connectivity index (χ1v) is 13.1. The molecule has 1 amide bonds. The molecule has 4 rings (SSSR count). The Balaban J connectivity index is 1.51. The largest absolute Gasteiger partial charge is 0.369 e.